The number of benzene rings is 1. The van der Waals surface area contributed by atoms with E-state index in [1.807, 2.05) is 0 Å². The number of alkyl halides is 3. The molecule has 11 heteroatoms. The molecule has 0 unspecified atom stereocenters. The Labute approximate surface area is 190 Å². The van der Waals surface area contributed by atoms with Crippen molar-refractivity contribution in [2.24, 2.45) is 5.10 Å². The van der Waals surface area contributed by atoms with Crippen molar-refractivity contribution >= 4 is 23.4 Å². The highest BCUT2D eigenvalue weighted by molar-refractivity contribution is 6.11. The number of hydrogen-bond donors (Lipinski definition) is 1. The van der Waals surface area contributed by atoms with Crippen LogP contribution in [0.15, 0.2) is 66.0 Å². The van der Waals surface area contributed by atoms with Gasteiger partial charge in [0.25, 0.3) is 5.91 Å². The Kier molecular flexibility index (Phi) is 6.01. The van der Waals surface area contributed by atoms with Crippen LogP contribution in [0.25, 0.3) is 5.52 Å². The number of amides is 1. The molecule has 0 radical (unpaired) electrons. The van der Waals surface area contributed by atoms with E-state index in [4.69, 9.17) is 0 Å². The summed E-state index contributed by atoms with van der Waals surface area (Å²) < 4.78 is 53.7. The van der Waals surface area contributed by atoms with E-state index in [1.54, 1.807) is 35.7 Å². The third-order valence-electron chi connectivity index (χ3n) is 5.08. The summed E-state index contributed by atoms with van der Waals surface area (Å²) in [5, 5.41) is 7.21. The predicted octanol–water partition coefficient (Wildman–Crippen LogP) is 3.98. The van der Waals surface area contributed by atoms with Crippen molar-refractivity contribution in [3.05, 3.63) is 94.8 Å². The van der Waals surface area contributed by atoms with E-state index >= 15 is 0 Å². The lowest BCUT2D eigenvalue weighted by molar-refractivity contribution is -0.141. The second kappa shape index (κ2) is 8.93. The molecular weight excluding hydrogens is 454 g/mol. The summed E-state index contributed by atoms with van der Waals surface area (Å²) >= 11 is 0. The van der Waals surface area contributed by atoms with Crippen LogP contribution in [0.4, 0.5) is 17.6 Å². The van der Waals surface area contributed by atoms with Crippen LogP contribution >= 0.6 is 0 Å². The summed E-state index contributed by atoms with van der Waals surface area (Å²) in [6.07, 6.45) is -0.499. The van der Waals surface area contributed by atoms with Gasteiger partial charge in [0.2, 0.25) is 5.78 Å². The maximum absolute atomic E-state index is 13.3. The van der Waals surface area contributed by atoms with Crippen molar-refractivity contribution in [1.29, 1.82) is 0 Å². The lowest BCUT2D eigenvalue weighted by Gasteiger charge is -2.04. The molecule has 7 nitrogen and oxygen atoms in total. The molecule has 0 saturated heterocycles. The average molecular weight is 471 g/mol. The van der Waals surface area contributed by atoms with Crippen molar-refractivity contribution in [3.8, 4) is 0 Å². The summed E-state index contributed by atoms with van der Waals surface area (Å²) in [6, 6.07) is 11.2. The standard InChI is InChI=1S/C23H17F4N5O2/c1-14-17(12-28-29-20(33)13-31-11-9-19(30-31)23(25,26)27)18-4-2-3-10-32(18)21(14)22(34)15-5-7-16(24)8-6-15/h2-12H,13H2,1H3,(H,29,33)/b28-12-. The quantitative estimate of drug-likeness (QED) is 0.200. The first-order valence-electron chi connectivity index (χ1n) is 9.97. The first kappa shape index (κ1) is 22.9. The topological polar surface area (TPSA) is 80.8 Å². The van der Waals surface area contributed by atoms with Crippen molar-refractivity contribution in [3.63, 3.8) is 0 Å². The third-order valence-corrected chi connectivity index (χ3v) is 5.08. The highest BCUT2D eigenvalue weighted by Gasteiger charge is 2.33. The molecule has 0 saturated carbocycles. The van der Waals surface area contributed by atoms with Gasteiger partial charge in [-0.25, -0.2) is 9.82 Å². The molecule has 3 aromatic heterocycles. The molecule has 0 fully saturated rings. The normalized spacial score (nSPS) is 11.9. The van der Waals surface area contributed by atoms with E-state index in [-0.39, 0.29) is 5.78 Å². The minimum absolute atomic E-state index is 0.307. The lowest BCUT2D eigenvalue weighted by atomic mass is 10.0. The third kappa shape index (κ3) is 4.58. The molecule has 174 valence electrons. The van der Waals surface area contributed by atoms with Gasteiger partial charge in [-0.1, -0.05) is 6.07 Å². The van der Waals surface area contributed by atoms with E-state index < -0.39 is 30.1 Å². The van der Waals surface area contributed by atoms with Crippen molar-refractivity contribution in [2.45, 2.75) is 19.6 Å². The molecular formula is C23H17F4N5O2. The summed E-state index contributed by atoms with van der Waals surface area (Å²) in [7, 11) is 0. The number of pyridine rings is 1. The Hall–Kier alpha value is -4.28. The van der Waals surface area contributed by atoms with Crippen LogP contribution in [0.2, 0.25) is 0 Å². The summed E-state index contributed by atoms with van der Waals surface area (Å²) in [6.45, 7) is 1.26. The molecule has 1 amide bonds. The average Bonchev–Trinajstić information content (AvgIpc) is 3.37. The van der Waals surface area contributed by atoms with Crippen LogP contribution in [0, 0.1) is 12.7 Å². The molecule has 3 heterocycles. The highest BCUT2D eigenvalue weighted by atomic mass is 19.4. The fraction of sp³-hybridized carbons (Fsp3) is 0.130. The van der Waals surface area contributed by atoms with Gasteiger partial charge >= 0.3 is 6.18 Å². The summed E-state index contributed by atoms with van der Waals surface area (Å²) in [5.41, 5.74) is 3.60. The van der Waals surface area contributed by atoms with Gasteiger partial charge < -0.3 is 4.40 Å². The molecule has 0 aliphatic heterocycles. The van der Waals surface area contributed by atoms with E-state index in [0.29, 0.717) is 27.9 Å². The van der Waals surface area contributed by atoms with Gasteiger partial charge in [0.15, 0.2) is 5.69 Å². The molecule has 0 atom stereocenters. The molecule has 4 aromatic rings. The van der Waals surface area contributed by atoms with E-state index in [1.165, 1.54) is 30.5 Å². The highest BCUT2D eigenvalue weighted by Crippen LogP contribution is 2.27. The monoisotopic (exact) mass is 471 g/mol. The maximum atomic E-state index is 13.3. The predicted molar refractivity (Wildman–Crippen MR) is 115 cm³/mol. The Morgan fingerprint density at radius 2 is 1.82 bits per heavy atom. The number of halogens is 4. The fourth-order valence-electron chi connectivity index (χ4n) is 3.49. The van der Waals surface area contributed by atoms with Crippen LogP contribution in [-0.4, -0.2) is 32.1 Å². The SMILES string of the molecule is Cc1c(/C=N\NC(=O)Cn2ccc(C(F)(F)F)n2)c2ccccn2c1C(=O)c1ccc(F)cc1. The molecule has 0 aliphatic rings. The number of ketones is 1. The fourth-order valence-corrected chi connectivity index (χ4v) is 3.49. The summed E-state index contributed by atoms with van der Waals surface area (Å²) in [4.78, 5) is 25.2. The molecule has 0 spiro atoms. The number of carbonyl (C=O) groups excluding carboxylic acids is 2. The first-order chi connectivity index (χ1) is 16.1. The smallest absolute Gasteiger partial charge is 0.313 e. The lowest BCUT2D eigenvalue weighted by Crippen LogP contribution is -2.23. The van der Waals surface area contributed by atoms with Crippen LogP contribution < -0.4 is 5.43 Å². The van der Waals surface area contributed by atoms with Gasteiger partial charge in [0.1, 0.15) is 12.4 Å². The Morgan fingerprint density at radius 3 is 2.50 bits per heavy atom. The minimum Gasteiger partial charge on any atom is -0.313 e. The first-order valence-corrected chi connectivity index (χ1v) is 9.97. The van der Waals surface area contributed by atoms with Gasteiger partial charge in [-0.3, -0.25) is 14.3 Å². The van der Waals surface area contributed by atoms with Crippen molar-refractivity contribution in [2.75, 3.05) is 0 Å². The Balaban J connectivity index is 1.56. The van der Waals surface area contributed by atoms with Gasteiger partial charge in [-0.15, -0.1) is 0 Å². The maximum Gasteiger partial charge on any atom is 0.435 e. The van der Waals surface area contributed by atoms with Crippen LogP contribution in [0.3, 0.4) is 0 Å². The van der Waals surface area contributed by atoms with E-state index in [0.717, 1.165) is 16.9 Å². The van der Waals surface area contributed by atoms with E-state index in [2.05, 4.69) is 15.6 Å². The zero-order chi connectivity index (χ0) is 24.5. The number of hydrogen-bond acceptors (Lipinski definition) is 4. The van der Waals surface area contributed by atoms with Crippen LogP contribution in [-0.2, 0) is 17.5 Å². The molecule has 1 aromatic carbocycles. The zero-order valence-corrected chi connectivity index (χ0v) is 17.7. The van der Waals surface area contributed by atoms with Crippen molar-refractivity contribution < 1.29 is 27.2 Å². The molecule has 1 N–H and O–H groups in total. The van der Waals surface area contributed by atoms with Gasteiger partial charge in [-0.05, 0) is 55.0 Å². The van der Waals surface area contributed by atoms with Crippen molar-refractivity contribution in [1.82, 2.24) is 19.6 Å². The van der Waals surface area contributed by atoms with E-state index in [9.17, 15) is 27.2 Å². The molecule has 34 heavy (non-hydrogen) atoms. The minimum atomic E-state index is -4.60. The number of aromatic nitrogens is 3. The van der Waals surface area contributed by atoms with Gasteiger partial charge in [-0.2, -0.15) is 23.4 Å². The second-order valence-electron chi connectivity index (χ2n) is 7.37. The Bertz CT molecular complexity index is 1400. The molecule has 0 aliphatic carbocycles. The Morgan fingerprint density at radius 1 is 1.09 bits per heavy atom. The van der Waals surface area contributed by atoms with Gasteiger partial charge in [0.05, 0.1) is 17.4 Å². The number of nitrogens with one attached hydrogen (secondary N) is 1. The number of carbonyl (C=O) groups is 2. The molecule has 0 bridgehead atoms. The number of hydrazone groups is 1. The van der Waals surface area contributed by atoms with Crippen LogP contribution in [0.1, 0.15) is 32.9 Å². The number of nitrogens with zero attached hydrogens (tertiary/aromatic N) is 4. The largest absolute Gasteiger partial charge is 0.435 e. The summed E-state index contributed by atoms with van der Waals surface area (Å²) in [5.74, 6) is -1.46. The van der Waals surface area contributed by atoms with Crippen LogP contribution in [0.5, 0.6) is 0 Å². The second-order valence-corrected chi connectivity index (χ2v) is 7.37. The number of rotatable bonds is 6. The number of fused-ring (bicyclic) bond motifs is 1. The molecule has 4 rings (SSSR count). The zero-order valence-electron chi connectivity index (χ0n) is 17.7. The van der Waals surface area contributed by atoms with Gasteiger partial charge in [0, 0.05) is 23.5 Å².